The van der Waals surface area contributed by atoms with E-state index in [1.807, 2.05) is 16.8 Å². The van der Waals surface area contributed by atoms with Crippen molar-refractivity contribution in [2.24, 2.45) is 0 Å². The van der Waals surface area contributed by atoms with Crippen molar-refractivity contribution in [1.29, 1.82) is 0 Å². The molecule has 1 aromatic heterocycles. The lowest BCUT2D eigenvalue weighted by atomic mass is 10.2. The lowest BCUT2D eigenvalue weighted by Crippen LogP contribution is -2.30. The number of thiophene rings is 1. The Morgan fingerprint density at radius 3 is 2.83 bits per heavy atom. The SMILES string of the molecule is CN(Cc1ccsc1)C(=O)COc1ccc([N+](=O)[O-])cc1C=O. The summed E-state index contributed by atoms with van der Waals surface area (Å²) in [5.74, 6) is -0.116. The van der Waals surface area contributed by atoms with Crippen LogP contribution in [0.2, 0.25) is 0 Å². The Kier molecular flexibility index (Phi) is 5.42. The largest absolute Gasteiger partial charge is 0.483 e. The average molecular weight is 334 g/mol. The van der Waals surface area contributed by atoms with Gasteiger partial charge in [-0.2, -0.15) is 11.3 Å². The Morgan fingerprint density at radius 1 is 1.43 bits per heavy atom. The predicted octanol–water partition coefficient (Wildman–Crippen LogP) is 2.51. The number of non-ortho nitro benzene ring substituents is 1. The summed E-state index contributed by atoms with van der Waals surface area (Å²) in [5.41, 5.74) is 0.850. The highest BCUT2D eigenvalue weighted by atomic mass is 32.1. The van der Waals surface area contributed by atoms with E-state index < -0.39 is 4.92 Å². The standard InChI is InChI=1S/C15H14N2O5S/c1-16(7-11-4-5-23-10-11)15(19)9-22-14-3-2-13(17(20)21)6-12(14)8-18/h2-6,8,10H,7,9H2,1H3. The van der Waals surface area contributed by atoms with Crippen LogP contribution in [0.5, 0.6) is 5.75 Å². The van der Waals surface area contributed by atoms with Gasteiger partial charge in [0.2, 0.25) is 0 Å². The number of rotatable bonds is 7. The minimum Gasteiger partial charge on any atom is -0.483 e. The van der Waals surface area contributed by atoms with E-state index in [1.165, 1.54) is 17.0 Å². The summed E-state index contributed by atoms with van der Waals surface area (Å²) in [6.07, 6.45) is 0.460. The van der Waals surface area contributed by atoms with Crippen LogP contribution in [-0.4, -0.2) is 35.7 Å². The number of hydrogen-bond donors (Lipinski definition) is 0. The van der Waals surface area contributed by atoms with Gasteiger partial charge in [0.05, 0.1) is 10.5 Å². The Balaban J connectivity index is 1.98. The van der Waals surface area contributed by atoms with Gasteiger partial charge in [0.15, 0.2) is 12.9 Å². The molecule has 0 aliphatic heterocycles. The quantitative estimate of drug-likeness (QED) is 0.441. The molecular formula is C15H14N2O5S. The van der Waals surface area contributed by atoms with Gasteiger partial charge in [-0.25, -0.2) is 0 Å². The first kappa shape index (κ1) is 16.6. The molecular weight excluding hydrogens is 320 g/mol. The summed E-state index contributed by atoms with van der Waals surface area (Å²) in [6, 6.07) is 5.58. The normalized spacial score (nSPS) is 10.1. The van der Waals surface area contributed by atoms with Crippen LogP contribution in [0.3, 0.4) is 0 Å². The van der Waals surface area contributed by atoms with Gasteiger partial charge in [-0.1, -0.05) is 0 Å². The molecule has 23 heavy (non-hydrogen) atoms. The smallest absolute Gasteiger partial charge is 0.270 e. The third-order valence-electron chi connectivity index (χ3n) is 3.11. The maximum atomic E-state index is 12.0. The molecule has 7 nitrogen and oxygen atoms in total. The summed E-state index contributed by atoms with van der Waals surface area (Å²) in [5, 5.41) is 14.6. The topological polar surface area (TPSA) is 89.8 Å². The Bertz CT molecular complexity index is 715. The third-order valence-corrected chi connectivity index (χ3v) is 3.84. The van der Waals surface area contributed by atoms with Gasteiger partial charge in [-0.3, -0.25) is 19.7 Å². The van der Waals surface area contributed by atoms with Gasteiger partial charge in [0, 0.05) is 25.7 Å². The summed E-state index contributed by atoms with van der Waals surface area (Å²) in [6.45, 7) is 0.214. The van der Waals surface area contributed by atoms with Crippen LogP contribution < -0.4 is 4.74 Å². The van der Waals surface area contributed by atoms with Crippen molar-refractivity contribution < 1.29 is 19.2 Å². The van der Waals surface area contributed by atoms with E-state index in [0.717, 1.165) is 11.6 Å². The number of amides is 1. The minimum absolute atomic E-state index is 0.0347. The number of likely N-dealkylation sites (N-methyl/N-ethyl adjacent to an activating group) is 1. The van der Waals surface area contributed by atoms with Crippen molar-refractivity contribution in [2.75, 3.05) is 13.7 Å². The number of aldehydes is 1. The monoisotopic (exact) mass is 334 g/mol. The first-order chi connectivity index (χ1) is 11.0. The molecule has 0 saturated carbocycles. The highest BCUT2D eigenvalue weighted by Crippen LogP contribution is 2.22. The number of nitrogens with zero attached hydrogens (tertiary/aromatic N) is 2. The molecule has 0 N–H and O–H groups in total. The average Bonchev–Trinajstić information content (AvgIpc) is 3.05. The molecule has 2 aromatic rings. The van der Waals surface area contributed by atoms with Gasteiger partial charge in [-0.15, -0.1) is 0 Å². The van der Waals surface area contributed by atoms with Gasteiger partial charge >= 0.3 is 0 Å². The van der Waals surface area contributed by atoms with Crippen LogP contribution in [0.4, 0.5) is 5.69 Å². The predicted molar refractivity (Wildman–Crippen MR) is 84.8 cm³/mol. The second-order valence-electron chi connectivity index (χ2n) is 4.77. The second kappa shape index (κ2) is 7.50. The molecule has 120 valence electrons. The van der Waals surface area contributed by atoms with Gasteiger partial charge in [0.1, 0.15) is 5.75 Å². The highest BCUT2D eigenvalue weighted by Gasteiger charge is 2.14. The zero-order chi connectivity index (χ0) is 16.8. The lowest BCUT2D eigenvalue weighted by Gasteiger charge is -2.17. The fourth-order valence-electron chi connectivity index (χ4n) is 1.87. The van der Waals surface area contributed by atoms with Gasteiger partial charge in [0.25, 0.3) is 11.6 Å². The van der Waals surface area contributed by atoms with E-state index in [0.29, 0.717) is 12.8 Å². The maximum absolute atomic E-state index is 12.0. The third kappa shape index (κ3) is 4.36. The number of carbonyl (C=O) groups excluding carboxylic acids is 2. The van der Waals surface area contributed by atoms with E-state index in [4.69, 9.17) is 4.74 Å². The molecule has 0 spiro atoms. The Hall–Kier alpha value is -2.74. The van der Waals surface area contributed by atoms with Crippen molar-refractivity contribution in [2.45, 2.75) is 6.54 Å². The molecule has 1 aromatic carbocycles. The van der Waals surface area contributed by atoms with E-state index in [2.05, 4.69) is 0 Å². The summed E-state index contributed by atoms with van der Waals surface area (Å²) >= 11 is 1.55. The number of hydrogen-bond acceptors (Lipinski definition) is 6. The van der Waals surface area contributed by atoms with Crippen LogP contribution >= 0.6 is 11.3 Å². The molecule has 0 atom stereocenters. The Morgan fingerprint density at radius 2 is 2.22 bits per heavy atom. The van der Waals surface area contributed by atoms with E-state index in [-0.39, 0.29) is 29.5 Å². The second-order valence-corrected chi connectivity index (χ2v) is 5.55. The van der Waals surface area contributed by atoms with Crippen LogP contribution in [0.15, 0.2) is 35.0 Å². The molecule has 1 amide bonds. The van der Waals surface area contributed by atoms with Gasteiger partial charge in [-0.05, 0) is 28.5 Å². The molecule has 0 unspecified atom stereocenters. The molecule has 0 bridgehead atoms. The number of ether oxygens (including phenoxy) is 1. The minimum atomic E-state index is -0.601. The summed E-state index contributed by atoms with van der Waals surface area (Å²) in [7, 11) is 1.65. The van der Waals surface area contributed by atoms with Crippen LogP contribution in [0, 0.1) is 10.1 Å². The van der Waals surface area contributed by atoms with Crippen LogP contribution in [-0.2, 0) is 11.3 Å². The van der Waals surface area contributed by atoms with Crippen molar-refractivity contribution in [1.82, 2.24) is 4.90 Å². The number of nitro benzene ring substituents is 1. The van der Waals surface area contributed by atoms with Crippen molar-refractivity contribution in [3.8, 4) is 5.75 Å². The first-order valence-electron chi connectivity index (χ1n) is 6.62. The zero-order valence-electron chi connectivity index (χ0n) is 12.3. The first-order valence-corrected chi connectivity index (χ1v) is 7.57. The fourth-order valence-corrected chi connectivity index (χ4v) is 2.53. The number of benzene rings is 1. The van der Waals surface area contributed by atoms with E-state index in [1.54, 1.807) is 18.4 Å². The van der Waals surface area contributed by atoms with Gasteiger partial charge < -0.3 is 9.64 Å². The zero-order valence-corrected chi connectivity index (χ0v) is 13.1. The van der Waals surface area contributed by atoms with E-state index in [9.17, 15) is 19.7 Å². The van der Waals surface area contributed by atoms with Crippen molar-refractivity contribution >= 4 is 29.2 Å². The molecule has 1 heterocycles. The van der Waals surface area contributed by atoms with Crippen LogP contribution in [0.25, 0.3) is 0 Å². The summed E-state index contributed by atoms with van der Waals surface area (Å²) < 4.78 is 5.32. The molecule has 0 aliphatic rings. The molecule has 2 rings (SSSR count). The molecule has 0 aliphatic carbocycles. The lowest BCUT2D eigenvalue weighted by molar-refractivity contribution is -0.384. The number of carbonyl (C=O) groups is 2. The molecule has 0 fully saturated rings. The molecule has 8 heteroatoms. The highest BCUT2D eigenvalue weighted by molar-refractivity contribution is 7.07. The molecule has 0 radical (unpaired) electrons. The number of nitro groups is 1. The fraction of sp³-hybridized carbons (Fsp3) is 0.200. The van der Waals surface area contributed by atoms with E-state index >= 15 is 0 Å². The maximum Gasteiger partial charge on any atom is 0.270 e. The summed E-state index contributed by atoms with van der Waals surface area (Å²) in [4.78, 5) is 34.6. The van der Waals surface area contributed by atoms with Crippen LogP contribution in [0.1, 0.15) is 15.9 Å². The molecule has 0 saturated heterocycles. The van der Waals surface area contributed by atoms with Crippen molar-refractivity contribution in [3.63, 3.8) is 0 Å². The van der Waals surface area contributed by atoms with Crippen molar-refractivity contribution in [3.05, 3.63) is 56.3 Å². The Labute approximate surface area is 136 Å².